The van der Waals surface area contributed by atoms with Gasteiger partial charge in [-0.15, -0.1) is 0 Å². The van der Waals surface area contributed by atoms with E-state index >= 15 is 0 Å². The largest absolute Gasteiger partial charge is 0.491 e. The number of hydrogen-bond donors (Lipinski definition) is 1. The minimum Gasteiger partial charge on any atom is -0.491 e. The maximum absolute atomic E-state index is 5.89. The molecule has 0 spiro atoms. The van der Waals surface area contributed by atoms with E-state index in [-0.39, 0.29) is 0 Å². The van der Waals surface area contributed by atoms with E-state index in [2.05, 4.69) is 47.0 Å². The topological polar surface area (TPSA) is 21.3 Å². The highest BCUT2D eigenvalue weighted by molar-refractivity contribution is 14.1. The number of ether oxygens (including phenoxy) is 1. The summed E-state index contributed by atoms with van der Waals surface area (Å²) in [5.74, 6) is 0.986. The lowest BCUT2D eigenvalue weighted by molar-refractivity contribution is 0.207. The third-order valence-corrected chi connectivity index (χ3v) is 3.60. The number of nitrogens with one attached hydrogen (secondary N) is 1. The van der Waals surface area contributed by atoms with Crippen LogP contribution in [0.2, 0.25) is 0 Å². The summed E-state index contributed by atoms with van der Waals surface area (Å²) in [7, 11) is 0. The zero-order valence-corrected chi connectivity index (χ0v) is 12.4. The monoisotopic (exact) mass is 345 g/mol. The molecule has 2 rings (SSSR count). The van der Waals surface area contributed by atoms with Crippen molar-refractivity contribution in [3.05, 3.63) is 27.8 Å². The van der Waals surface area contributed by atoms with Crippen molar-refractivity contribution >= 4 is 22.6 Å². The Balaban J connectivity index is 1.63. The molecule has 17 heavy (non-hydrogen) atoms. The van der Waals surface area contributed by atoms with Gasteiger partial charge in [0.1, 0.15) is 5.75 Å². The Kier molecular flexibility index (Phi) is 5.10. The highest BCUT2D eigenvalue weighted by Gasteiger charge is 2.19. The first-order chi connectivity index (χ1) is 8.24. The van der Waals surface area contributed by atoms with E-state index in [9.17, 15) is 0 Å². The van der Waals surface area contributed by atoms with Crippen molar-refractivity contribution in [2.75, 3.05) is 6.54 Å². The van der Waals surface area contributed by atoms with Crippen LogP contribution >= 0.6 is 22.6 Å². The molecule has 0 radical (unpaired) electrons. The zero-order chi connectivity index (χ0) is 12.1. The van der Waals surface area contributed by atoms with Gasteiger partial charge in [-0.1, -0.05) is 6.07 Å². The van der Waals surface area contributed by atoms with E-state index < -0.39 is 0 Å². The SMILES string of the molecule is CC(CCCNC1CC1)Oc1cccc(I)c1. The second-order valence-electron chi connectivity index (χ2n) is 4.76. The first-order valence-corrected chi connectivity index (χ1v) is 7.47. The van der Waals surface area contributed by atoms with Crippen LogP contribution in [0.25, 0.3) is 0 Å². The van der Waals surface area contributed by atoms with Crippen LogP contribution in [-0.2, 0) is 0 Å². The molecular formula is C14H20INO. The van der Waals surface area contributed by atoms with Gasteiger partial charge in [0.15, 0.2) is 0 Å². The Morgan fingerprint density at radius 2 is 2.29 bits per heavy atom. The molecule has 2 nitrogen and oxygen atoms in total. The summed E-state index contributed by atoms with van der Waals surface area (Å²) in [5, 5.41) is 3.53. The second kappa shape index (κ2) is 6.59. The van der Waals surface area contributed by atoms with E-state index in [1.165, 1.54) is 22.8 Å². The molecule has 1 N–H and O–H groups in total. The second-order valence-corrected chi connectivity index (χ2v) is 6.00. The van der Waals surface area contributed by atoms with Gasteiger partial charge in [0.2, 0.25) is 0 Å². The van der Waals surface area contributed by atoms with E-state index in [4.69, 9.17) is 4.74 Å². The molecule has 1 aromatic rings. The Labute approximate surface area is 117 Å². The first-order valence-electron chi connectivity index (χ1n) is 6.39. The van der Waals surface area contributed by atoms with Gasteiger partial charge >= 0.3 is 0 Å². The fraction of sp³-hybridized carbons (Fsp3) is 0.571. The summed E-state index contributed by atoms with van der Waals surface area (Å²) in [6.45, 7) is 3.28. The summed E-state index contributed by atoms with van der Waals surface area (Å²) < 4.78 is 7.11. The molecule has 1 aliphatic rings. The molecular weight excluding hydrogens is 325 g/mol. The third-order valence-electron chi connectivity index (χ3n) is 2.93. The first kappa shape index (κ1) is 13.1. The number of benzene rings is 1. The van der Waals surface area contributed by atoms with E-state index in [1.54, 1.807) is 0 Å². The summed E-state index contributed by atoms with van der Waals surface area (Å²) in [5.41, 5.74) is 0. The molecule has 3 heteroatoms. The molecule has 0 aliphatic heterocycles. The number of rotatable bonds is 7. The molecule has 0 bridgehead atoms. The molecule has 94 valence electrons. The molecule has 1 unspecified atom stereocenters. The Morgan fingerprint density at radius 1 is 1.47 bits per heavy atom. The number of halogens is 1. The summed E-state index contributed by atoms with van der Waals surface area (Å²) in [6.07, 6.45) is 5.35. The van der Waals surface area contributed by atoms with E-state index in [1.807, 2.05) is 12.1 Å². The predicted molar refractivity (Wildman–Crippen MR) is 79.5 cm³/mol. The molecule has 0 saturated heterocycles. The lowest BCUT2D eigenvalue weighted by Crippen LogP contribution is -2.20. The van der Waals surface area contributed by atoms with Crippen LogP contribution in [0.5, 0.6) is 5.75 Å². The van der Waals surface area contributed by atoms with Gasteiger partial charge < -0.3 is 10.1 Å². The fourth-order valence-electron chi connectivity index (χ4n) is 1.81. The van der Waals surface area contributed by atoms with Crippen molar-refractivity contribution in [1.82, 2.24) is 5.32 Å². The van der Waals surface area contributed by atoms with Crippen molar-refractivity contribution in [3.8, 4) is 5.75 Å². The van der Waals surface area contributed by atoms with Crippen LogP contribution < -0.4 is 10.1 Å². The Morgan fingerprint density at radius 3 is 3.00 bits per heavy atom. The average Bonchev–Trinajstić information content (AvgIpc) is 3.08. The van der Waals surface area contributed by atoms with Gasteiger partial charge in [-0.05, 0) is 79.9 Å². The standard InChI is InChI=1S/C14H20INO/c1-11(4-3-9-16-13-7-8-13)17-14-6-2-5-12(15)10-14/h2,5-6,10-11,13,16H,3-4,7-9H2,1H3. The molecule has 1 fully saturated rings. The van der Waals surface area contributed by atoms with Gasteiger partial charge in [0.05, 0.1) is 6.10 Å². The third kappa shape index (κ3) is 5.25. The van der Waals surface area contributed by atoms with Crippen molar-refractivity contribution in [2.24, 2.45) is 0 Å². The molecule has 0 heterocycles. The van der Waals surface area contributed by atoms with Crippen molar-refractivity contribution in [3.63, 3.8) is 0 Å². The molecule has 0 amide bonds. The van der Waals surface area contributed by atoms with E-state index in [0.29, 0.717) is 6.10 Å². The molecule has 1 saturated carbocycles. The van der Waals surface area contributed by atoms with Gasteiger partial charge in [0.25, 0.3) is 0 Å². The van der Waals surface area contributed by atoms with Crippen LogP contribution in [-0.4, -0.2) is 18.7 Å². The van der Waals surface area contributed by atoms with Crippen LogP contribution in [0.3, 0.4) is 0 Å². The predicted octanol–water partition coefficient (Wildman–Crippen LogP) is 3.59. The quantitative estimate of drug-likeness (QED) is 0.602. The normalized spacial score (nSPS) is 16.8. The van der Waals surface area contributed by atoms with Crippen molar-refractivity contribution in [2.45, 2.75) is 44.8 Å². The number of hydrogen-bond acceptors (Lipinski definition) is 2. The lowest BCUT2D eigenvalue weighted by Gasteiger charge is -2.15. The highest BCUT2D eigenvalue weighted by atomic mass is 127. The minimum absolute atomic E-state index is 0.300. The Bertz CT molecular complexity index is 352. The van der Waals surface area contributed by atoms with Gasteiger partial charge in [-0.2, -0.15) is 0 Å². The van der Waals surface area contributed by atoms with Crippen LogP contribution in [0.1, 0.15) is 32.6 Å². The van der Waals surface area contributed by atoms with Crippen LogP contribution in [0.4, 0.5) is 0 Å². The maximum Gasteiger partial charge on any atom is 0.120 e. The van der Waals surface area contributed by atoms with Crippen LogP contribution in [0, 0.1) is 3.57 Å². The lowest BCUT2D eigenvalue weighted by atomic mass is 10.2. The zero-order valence-electron chi connectivity index (χ0n) is 10.3. The molecule has 1 aromatic carbocycles. The van der Waals surface area contributed by atoms with Gasteiger partial charge in [-0.3, -0.25) is 0 Å². The van der Waals surface area contributed by atoms with E-state index in [0.717, 1.165) is 24.8 Å². The maximum atomic E-state index is 5.89. The fourth-order valence-corrected chi connectivity index (χ4v) is 2.33. The van der Waals surface area contributed by atoms with Gasteiger partial charge in [0, 0.05) is 9.61 Å². The highest BCUT2D eigenvalue weighted by Crippen LogP contribution is 2.19. The molecule has 1 aliphatic carbocycles. The smallest absolute Gasteiger partial charge is 0.120 e. The van der Waals surface area contributed by atoms with Crippen molar-refractivity contribution < 1.29 is 4.74 Å². The average molecular weight is 345 g/mol. The summed E-state index contributed by atoms with van der Waals surface area (Å²) in [6, 6.07) is 9.05. The molecule has 0 aromatic heterocycles. The summed E-state index contributed by atoms with van der Waals surface area (Å²) >= 11 is 2.31. The van der Waals surface area contributed by atoms with Crippen LogP contribution in [0.15, 0.2) is 24.3 Å². The minimum atomic E-state index is 0.300. The Hall–Kier alpha value is -0.290. The van der Waals surface area contributed by atoms with Gasteiger partial charge in [-0.25, -0.2) is 0 Å². The summed E-state index contributed by atoms with van der Waals surface area (Å²) in [4.78, 5) is 0. The van der Waals surface area contributed by atoms with Crippen molar-refractivity contribution in [1.29, 1.82) is 0 Å². The molecule has 1 atom stereocenters.